The number of quaternary nitrogens is 1. The fourth-order valence-corrected chi connectivity index (χ4v) is 3.81. The fraction of sp³-hybridized carbons (Fsp3) is 0.333. The summed E-state index contributed by atoms with van der Waals surface area (Å²) in [6, 6.07) is 4.70. The lowest BCUT2D eigenvalue weighted by Gasteiger charge is -2.28. The van der Waals surface area contributed by atoms with Gasteiger partial charge in [-0.15, -0.1) is 0 Å². The first-order chi connectivity index (χ1) is 10.5. The van der Waals surface area contributed by atoms with Gasteiger partial charge in [-0.2, -0.15) is 0 Å². The number of hydrogen-bond acceptors (Lipinski definition) is 0. The minimum atomic E-state index is 0.911. The van der Waals surface area contributed by atoms with Crippen molar-refractivity contribution in [1.82, 2.24) is 0 Å². The van der Waals surface area contributed by atoms with E-state index in [2.05, 4.69) is 63.7 Å². The van der Waals surface area contributed by atoms with Crippen LogP contribution in [-0.4, -0.2) is 25.6 Å². The van der Waals surface area contributed by atoms with Crippen LogP contribution in [0.3, 0.4) is 0 Å². The second kappa shape index (κ2) is 4.82. The first kappa shape index (κ1) is 13.8. The van der Waals surface area contributed by atoms with Gasteiger partial charge < -0.3 is 4.48 Å². The van der Waals surface area contributed by atoms with Crippen LogP contribution in [0.5, 0.6) is 0 Å². The maximum absolute atomic E-state index is 2.45. The summed E-state index contributed by atoms with van der Waals surface area (Å²) < 4.78 is 0.911. The first-order valence-electron chi connectivity index (χ1n) is 8.28. The summed E-state index contributed by atoms with van der Waals surface area (Å²) >= 11 is 0. The minimum absolute atomic E-state index is 0.911. The fourth-order valence-electron chi connectivity index (χ4n) is 3.81. The largest absolute Gasteiger partial charge is 0.302 e. The standard InChI is InChI=1S/C21H24N/c1-22(2,3)17-10-13-19-16(14-17)9-12-20-18-7-5-4-6-15(18)8-11-21(19)20/h5,7,9-13H,4,6,8,14H2,1-3H3/q+1. The summed E-state index contributed by atoms with van der Waals surface area (Å²) in [4.78, 5) is 0. The molecule has 1 heteroatoms. The van der Waals surface area contributed by atoms with E-state index in [1.807, 2.05) is 0 Å². The number of allylic oxidation sites excluding steroid dienone is 6. The van der Waals surface area contributed by atoms with Gasteiger partial charge in [-0.1, -0.05) is 35.9 Å². The van der Waals surface area contributed by atoms with Crippen molar-refractivity contribution in [2.75, 3.05) is 21.1 Å². The van der Waals surface area contributed by atoms with Crippen LogP contribution in [0, 0.1) is 0 Å². The van der Waals surface area contributed by atoms with E-state index in [9.17, 15) is 0 Å². The van der Waals surface area contributed by atoms with Crippen LogP contribution in [0.1, 0.15) is 30.4 Å². The molecule has 1 aromatic carbocycles. The van der Waals surface area contributed by atoms with Crippen LogP contribution < -0.4 is 10.4 Å². The maximum Gasteiger partial charge on any atom is 0.113 e. The van der Waals surface area contributed by atoms with E-state index in [1.165, 1.54) is 45.7 Å². The molecule has 0 saturated heterocycles. The quantitative estimate of drug-likeness (QED) is 0.698. The van der Waals surface area contributed by atoms with E-state index in [-0.39, 0.29) is 0 Å². The summed E-state index contributed by atoms with van der Waals surface area (Å²) in [5.74, 6) is 0. The molecule has 0 atom stereocenters. The van der Waals surface area contributed by atoms with Crippen molar-refractivity contribution < 1.29 is 4.48 Å². The van der Waals surface area contributed by atoms with Crippen LogP contribution in [-0.2, 0) is 6.42 Å². The molecule has 1 aromatic rings. The molecule has 0 N–H and O–H groups in total. The van der Waals surface area contributed by atoms with Crippen molar-refractivity contribution in [2.45, 2.75) is 25.7 Å². The third-order valence-electron chi connectivity index (χ3n) is 5.17. The zero-order valence-corrected chi connectivity index (χ0v) is 13.8. The number of likely N-dealkylation sites (N-methyl/N-ethyl adjacent to an activating group) is 1. The van der Waals surface area contributed by atoms with E-state index < -0.39 is 0 Å². The maximum atomic E-state index is 2.45. The number of hydrogen-bond donors (Lipinski definition) is 0. The Morgan fingerprint density at radius 1 is 1.00 bits per heavy atom. The highest BCUT2D eigenvalue weighted by Gasteiger charge is 2.21. The van der Waals surface area contributed by atoms with Crippen molar-refractivity contribution in [2.24, 2.45) is 0 Å². The number of nitrogens with zero attached hydrogens (tertiary/aromatic N) is 1. The molecular weight excluding hydrogens is 266 g/mol. The van der Waals surface area contributed by atoms with E-state index in [1.54, 1.807) is 5.57 Å². The molecule has 3 aliphatic rings. The Morgan fingerprint density at radius 2 is 1.86 bits per heavy atom. The Labute approximate surface area is 132 Å². The van der Waals surface area contributed by atoms with Gasteiger partial charge in [0, 0.05) is 6.42 Å². The Morgan fingerprint density at radius 3 is 2.68 bits per heavy atom. The summed E-state index contributed by atoms with van der Waals surface area (Å²) in [7, 11) is 6.75. The highest BCUT2D eigenvalue weighted by Crippen LogP contribution is 2.30. The average molecular weight is 290 g/mol. The number of benzene rings is 1. The zero-order chi connectivity index (χ0) is 15.3. The molecule has 0 spiro atoms. The average Bonchev–Trinajstić information content (AvgIpc) is 2.52. The van der Waals surface area contributed by atoms with Gasteiger partial charge in [-0.3, -0.25) is 0 Å². The highest BCUT2D eigenvalue weighted by atomic mass is 15.3. The van der Waals surface area contributed by atoms with Crippen molar-refractivity contribution >= 4 is 17.7 Å². The molecular formula is C21H24N+. The van der Waals surface area contributed by atoms with Crippen molar-refractivity contribution in [3.05, 3.63) is 63.2 Å². The minimum Gasteiger partial charge on any atom is -0.302 e. The van der Waals surface area contributed by atoms with Gasteiger partial charge in [0.25, 0.3) is 0 Å². The monoisotopic (exact) mass is 290 g/mol. The van der Waals surface area contributed by atoms with Crippen molar-refractivity contribution in [3.8, 4) is 0 Å². The van der Waals surface area contributed by atoms with Gasteiger partial charge in [0.15, 0.2) is 0 Å². The SMILES string of the molecule is C[N+](C)(C)C1=CC=c2c(ccc3c2=CCC2=C3C=CCC2)C1. The first-order valence-corrected chi connectivity index (χ1v) is 8.28. The highest BCUT2D eigenvalue weighted by molar-refractivity contribution is 5.81. The predicted octanol–water partition coefficient (Wildman–Crippen LogP) is 2.90. The number of fused-ring (bicyclic) bond motifs is 4. The lowest BCUT2D eigenvalue weighted by atomic mass is 9.83. The third-order valence-corrected chi connectivity index (χ3v) is 5.17. The molecule has 0 radical (unpaired) electrons. The Hall–Kier alpha value is -1.86. The summed E-state index contributed by atoms with van der Waals surface area (Å²) in [6.45, 7) is 0. The Bertz CT molecular complexity index is 854. The molecule has 0 aromatic heterocycles. The lowest BCUT2D eigenvalue weighted by Crippen LogP contribution is -2.40. The Kier molecular flexibility index (Phi) is 3.02. The predicted molar refractivity (Wildman–Crippen MR) is 94.4 cm³/mol. The molecule has 0 fully saturated rings. The second-order valence-electron chi connectivity index (χ2n) is 7.48. The molecule has 0 heterocycles. The molecule has 0 aliphatic heterocycles. The van der Waals surface area contributed by atoms with Crippen LogP contribution in [0.4, 0.5) is 0 Å². The normalized spacial score (nSPS) is 19.5. The zero-order valence-electron chi connectivity index (χ0n) is 13.8. The van der Waals surface area contributed by atoms with Gasteiger partial charge in [0.2, 0.25) is 0 Å². The van der Waals surface area contributed by atoms with Crippen LogP contribution >= 0.6 is 0 Å². The van der Waals surface area contributed by atoms with Gasteiger partial charge in [0.05, 0.1) is 21.1 Å². The molecule has 0 bridgehead atoms. The van der Waals surface area contributed by atoms with E-state index in [4.69, 9.17) is 0 Å². The molecule has 0 saturated carbocycles. The summed E-state index contributed by atoms with van der Waals surface area (Å²) in [5, 5.41) is 2.90. The molecule has 0 unspecified atom stereocenters. The molecule has 1 nitrogen and oxygen atoms in total. The van der Waals surface area contributed by atoms with Crippen molar-refractivity contribution in [1.29, 1.82) is 0 Å². The van der Waals surface area contributed by atoms with E-state index in [0.717, 1.165) is 17.3 Å². The number of rotatable bonds is 1. The third kappa shape index (κ3) is 2.12. The smallest absolute Gasteiger partial charge is 0.113 e. The van der Waals surface area contributed by atoms with E-state index in [0.29, 0.717) is 0 Å². The summed E-state index contributed by atoms with van der Waals surface area (Å²) in [5.41, 5.74) is 7.49. The van der Waals surface area contributed by atoms with Crippen LogP contribution in [0.2, 0.25) is 0 Å². The topological polar surface area (TPSA) is 0 Å². The van der Waals surface area contributed by atoms with Crippen LogP contribution in [0.25, 0.3) is 17.7 Å². The molecule has 112 valence electrons. The molecule has 4 rings (SSSR count). The van der Waals surface area contributed by atoms with Crippen molar-refractivity contribution in [3.63, 3.8) is 0 Å². The Balaban J connectivity index is 1.91. The summed E-state index contributed by atoms with van der Waals surface area (Å²) in [6.07, 6.45) is 16.4. The second-order valence-corrected chi connectivity index (χ2v) is 7.48. The van der Waals surface area contributed by atoms with E-state index >= 15 is 0 Å². The lowest BCUT2D eigenvalue weighted by molar-refractivity contribution is -0.832. The van der Waals surface area contributed by atoms with Crippen LogP contribution in [0.15, 0.2) is 41.6 Å². The molecule has 0 amide bonds. The van der Waals surface area contributed by atoms with Gasteiger partial charge in [-0.05, 0) is 58.6 Å². The van der Waals surface area contributed by atoms with Gasteiger partial charge in [-0.25, -0.2) is 0 Å². The van der Waals surface area contributed by atoms with Gasteiger partial charge in [0.1, 0.15) is 5.70 Å². The van der Waals surface area contributed by atoms with Gasteiger partial charge >= 0.3 is 0 Å². The molecule has 3 aliphatic carbocycles. The molecule has 22 heavy (non-hydrogen) atoms.